The minimum absolute atomic E-state index is 0.114. The van der Waals surface area contributed by atoms with Crippen molar-refractivity contribution in [2.45, 2.75) is 25.8 Å². The van der Waals surface area contributed by atoms with E-state index < -0.39 is 0 Å². The van der Waals surface area contributed by atoms with Gasteiger partial charge in [-0.25, -0.2) is 9.67 Å². The summed E-state index contributed by atoms with van der Waals surface area (Å²) in [5, 5.41) is 14.5. The van der Waals surface area contributed by atoms with Crippen LogP contribution in [0.5, 0.6) is 0 Å². The fraction of sp³-hybridized carbons (Fsp3) is 0.368. The van der Waals surface area contributed by atoms with Crippen molar-refractivity contribution < 1.29 is 4.79 Å². The quantitative estimate of drug-likeness (QED) is 0.565. The number of nitrogens with one attached hydrogen (secondary N) is 3. The van der Waals surface area contributed by atoms with Crippen molar-refractivity contribution in [1.82, 2.24) is 30.4 Å². The fourth-order valence-electron chi connectivity index (χ4n) is 2.90. The molecule has 3 aromatic heterocycles. The van der Waals surface area contributed by atoms with E-state index in [0.717, 1.165) is 30.5 Å². The molecule has 3 heterocycles. The Hall–Kier alpha value is -3.00. The number of hydrogen-bond acceptors (Lipinski definition) is 6. The summed E-state index contributed by atoms with van der Waals surface area (Å²) in [7, 11) is 3.70. The molecule has 8 heteroatoms. The van der Waals surface area contributed by atoms with Gasteiger partial charge in [-0.2, -0.15) is 5.10 Å². The standard InChI is InChI=1S/C19H25N7O/c1-4-13(7-10-20-2)23-19(27)17-15-5-6-16(24-18(15)26(3)25-17)22-14-8-11-21-12-9-14/h5-6,8-9,11-13,20H,4,7,10H2,1-3H3,(H,23,27)(H,21,22,24). The van der Waals surface area contributed by atoms with Gasteiger partial charge in [0.15, 0.2) is 11.3 Å². The molecule has 0 aromatic carbocycles. The van der Waals surface area contributed by atoms with Crippen molar-refractivity contribution in [2.24, 2.45) is 7.05 Å². The topological polar surface area (TPSA) is 96.8 Å². The largest absolute Gasteiger partial charge is 0.348 e. The number of pyridine rings is 2. The molecule has 0 saturated carbocycles. The average Bonchev–Trinajstić information content (AvgIpc) is 3.02. The summed E-state index contributed by atoms with van der Waals surface area (Å²) in [5.74, 6) is 0.518. The van der Waals surface area contributed by atoms with Crippen LogP contribution >= 0.6 is 0 Å². The molecule has 3 rings (SSSR count). The van der Waals surface area contributed by atoms with Gasteiger partial charge >= 0.3 is 0 Å². The Morgan fingerprint density at radius 2 is 2.00 bits per heavy atom. The van der Waals surface area contributed by atoms with Gasteiger partial charge in [0.1, 0.15) is 5.82 Å². The number of rotatable bonds is 8. The third-order valence-corrected chi connectivity index (χ3v) is 4.43. The van der Waals surface area contributed by atoms with Crippen LogP contribution in [0.15, 0.2) is 36.7 Å². The van der Waals surface area contributed by atoms with Crippen molar-refractivity contribution >= 4 is 28.4 Å². The highest BCUT2D eigenvalue weighted by atomic mass is 16.2. The molecule has 0 bridgehead atoms. The zero-order valence-electron chi connectivity index (χ0n) is 15.9. The molecule has 1 atom stereocenters. The maximum Gasteiger partial charge on any atom is 0.272 e. The fourth-order valence-corrected chi connectivity index (χ4v) is 2.90. The predicted molar refractivity (Wildman–Crippen MR) is 106 cm³/mol. The molecule has 0 aliphatic carbocycles. The zero-order chi connectivity index (χ0) is 19.2. The molecular weight excluding hydrogens is 342 g/mol. The summed E-state index contributed by atoms with van der Waals surface area (Å²) in [6.45, 7) is 2.92. The molecule has 1 unspecified atom stereocenters. The highest BCUT2D eigenvalue weighted by Crippen LogP contribution is 2.21. The summed E-state index contributed by atoms with van der Waals surface area (Å²) in [4.78, 5) is 21.3. The smallest absolute Gasteiger partial charge is 0.272 e. The molecule has 1 amide bonds. The van der Waals surface area contributed by atoms with Gasteiger partial charge in [-0.3, -0.25) is 9.78 Å². The number of fused-ring (bicyclic) bond motifs is 1. The average molecular weight is 367 g/mol. The van der Waals surface area contributed by atoms with E-state index in [1.54, 1.807) is 24.1 Å². The van der Waals surface area contributed by atoms with Crippen LogP contribution in [-0.2, 0) is 7.05 Å². The molecule has 8 nitrogen and oxygen atoms in total. The highest BCUT2D eigenvalue weighted by molar-refractivity contribution is 6.04. The molecule has 142 valence electrons. The highest BCUT2D eigenvalue weighted by Gasteiger charge is 2.19. The van der Waals surface area contributed by atoms with Crippen LogP contribution in [0.25, 0.3) is 11.0 Å². The van der Waals surface area contributed by atoms with Crippen LogP contribution in [0.3, 0.4) is 0 Å². The number of aromatic nitrogens is 4. The lowest BCUT2D eigenvalue weighted by Gasteiger charge is -2.16. The number of carbonyl (C=O) groups excluding carboxylic acids is 1. The number of anilines is 2. The normalized spacial score (nSPS) is 12.1. The second-order valence-corrected chi connectivity index (χ2v) is 6.37. The molecule has 0 spiro atoms. The van der Waals surface area contributed by atoms with Crippen molar-refractivity contribution in [3.8, 4) is 0 Å². The van der Waals surface area contributed by atoms with E-state index in [4.69, 9.17) is 0 Å². The molecule has 3 aromatic rings. The van der Waals surface area contributed by atoms with Crippen LogP contribution < -0.4 is 16.0 Å². The first-order valence-electron chi connectivity index (χ1n) is 9.08. The maximum absolute atomic E-state index is 12.7. The van der Waals surface area contributed by atoms with E-state index in [1.807, 2.05) is 31.3 Å². The molecule has 0 fully saturated rings. The Kier molecular flexibility index (Phi) is 5.97. The minimum atomic E-state index is -0.166. The van der Waals surface area contributed by atoms with Gasteiger partial charge in [0.25, 0.3) is 5.91 Å². The van der Waals surface area contributed by atoms with Crippen molar-refractivity contribution in [3.05, 3.63) is 42.4 Å². The Morgan fingerprint density at radius 3 is 2.70 bits per heavy atom. The van der Waals surface area contributed by atoms with Crippen LogP contribution in [0.2, 0.25) is 0 Å². The lowest BCUT2D eigenvalue weighted by Crippen LogP contribution is -2.36. The maximum atomic E-state index is 12.7. The third kappa shape index (κ3) is 4.40. The van der Waals surface area contributed by atoms with Crippen LogP contribution in [0, 0.1) is 0 Å². The van der Waals surface area contributed by atoms with Gasteiger partial charge in [-0.05, 0) is 50.7 Å². The second-order valence-electron chi connectivity index (χ2n) is 6.37. The third-order valence-electron chi connectivity index (χ3n) is 4.43. The number of carbonyl (C=O) groups is 1. The molecule has 0 aliphatic heterocycles. The Balaban J connectivity index is 1.82. The van der Waals surface area contributed by atoms with Gasteiger partial charge in [-0.15, -0.1) is 0 Å². The van der Waals surface area contributed by atoms with Gasteiger partial charge in [0, 0.05) is 31.2 Å². The SMILES string of the molecule is CCC(CCNC)NC(=O)c1nn(C)c2nc(Nc3ccncc3)ccc12. The second kappa shape index (κ2) is 8.59. The molecular formula is C19H25N7O. The van der Waals surface area contributed by atoms with Crippen LogP contribution in [0.4, 0.5) is 11.5 Å². The first kappa shape index (κ1) is 18.8. The van der Waals surface area contributed by atoms with Crippen molar-refractivity contribution in [2.75, 3.05) is 18.9 Å². The molecule has 0 saturated heterocycles. The van der Waals surface area contributed by atoms with E-state index in [0.29, 0.717) is 17.2 Å². The molecule has 0 aliphatic rings. The monoisotopic (exact) mass is 367 g/mol. The molecule has 27 heavy (non-hydrogen) atoms. The van der Waals surface area contributed by atoms with E-state index in [9.17, 15) is 4.79 Å². The van der Waals surface area contributed by atoms with Gasteiger partial charge in [0.05, 0.1) is 5.39 Å². The van der Waals surface area contributed by atoms with E-state index in [1.165, 1.54) is 0 Å². The first-order valence-corrected chi connectivity index (χ1v) is 9.08. The van der Waals surface area contributed by atoms with Crippen molar-refractivity contribution in [1.29, 1.82) is 0 Å². The lowest BCUT2D eigenvalue weighted by atomic mass is 10.1. The Morgan fingerprint density at radius 1 is 1.22 bits per heavy atom. The van der Waals surface area contributed by atoms with Crippen LogP contribution in [-0.4, -0.2) is 45.3 Å². The number of hydrogen-bond donors (Lipinski definition) is 3. The summed E-state index contributed by atoms with van der Waals surface area (Å²) < 4.78 is 1.64. The molecule has 3 N–H and O–H groups in total. The minimum Gasteiger partial charge on any atom is -0.348 e. The lowest BCUT2D eigenvalue weighted by molar-refractivity contribution is 0.0930. The van der Waals surface area contributed by atoms with Crippen molar-refractivity contribution in [3.63, 3.8) is 0 Å². The summed E-state index contributed by atoms with van der Waals surface area (Å²) in [6.07, 6.45) is 5.18. The van der Waals surface area contributed by atoms with E-state index >= 15 is 0 Å². The number of amides is 1. The summed E-state index contributed by atoms with van der Waals surface area (Å²) >= 11 is 0. The van der Waals surface area contributed by atoms with Gasteiger partial charge in [-0.1, -0.05) is 6.92 Å². The summed E-state index contributed by atoms with van der Waals surface area (Å²) in [6, 6.07) is 7.57. The Labute approximate surface area is 158 Å². The molecule has 0 radical (unpaired) electrons. The zero-order valence-corrected chi connectivity index (χ0v) is 15.9. The first-order chi connectivity index (χ1) is 13.1. The Bertz CT molecular complexity index is 907. The van der Waals surface area contributed by atoms with E-state index in [2.05, 4.69) is 37.9 Å². The van der Waals surface area contributed by atoms with Gasteiger partial charge in [0.2, 0.25) is 0 Å². The van der Waals surface area contributed by atoms with Gasteiger partial charge < -0.3 is 16.0 Å². The number of aryl methyl sites for hydroxylation is 1. The van der Waals surface area contributed by atoms with E-state index in [-0.39, 0.29) is 11.9 Å². The number of nitrogens with zero attached hydrogens (tertiary/aromatic N) is 4. The predicted octanol–water partition coefficient (Wildman–Crippen LogP) is 2.22. The van der Waals surface area contributed by atoms with Crippen LogP contribution in [0.1, 0.15) is 30.3 Å². The summed E-state index contributed by atoms with van der Waals surface area (Å²) in [5.41, 5.74) is 1.95.